The predicted octanol–water partition coefficient (Wildman–Crippen LogP) is 1.27. The molecule has 1 saturated heterocycles. The number of benzene rings is 1. The lowest BCUT2D eigenvalue weighted by atomic mass is 9.66. The lowest BCUT2D eigenvalue weighted by molar-refractivity contribution is -0.166. The van der Waals surface area contributed by atoms with Crippen LogP contribution in [0.15, 0.2) is 18.2 Å². The molecule has 1 aliphatic heterocycles. The van der Waals surface area contributed by atoms with Crippen LogP contribution in [-0.2, 0) is 30.3 Å². The topological polar surface area (TPSA) is 113 Å². The molecule has 0 amide bonds. The van der Waals surface area contributed by atoms with Gasteiger partial charge in [-0.25, -0.2) is 0 Å². The molecular formula is C19H23NO7. The number of hydrogen-bond donors (Lipinski definition) is 2. The smallest absolute Gasteiger partial charge is 0.321 e. The zero-order chi connectivity index (χ0) is 19.6. The molecule has 0 spiro atoms. The van der Waals surface area contributed by atoms with Crippen molar-refractivity contribution < 1.29 is 34.1 Å². The van der Waals surface area contributed by atoms with Crippen molar-refractivity contribution in [2.45, 2.75) is 25.2 Å². The van der Waals surface area contributed by atoms with Gasteiger partial charge in [0.2, 0.25) is 0 Å². The van der Waals surface area contributed by atoms with Crippen molar-refractivity contribution in [1.29, 1.82) is 0 Å². The number of anilines is 1. The van der Waals surface area contributed by atoms with Crippen LogP contribution in [0.1, 0.15) is 29.9 Å². The van der Waals surface area contributed by atoms with Gasteiger partial charge in [0, 0.05) is 18.8 Å². The van der Waals surface area contributed by atoms with Crippen molar-refractivity contribution in [3.8, 4) is 0 Å². The summed E-state index contributed by atoms with van der Waals surface area (Å²) in [6, 6.07) is 5.60. The number of rotatable bonds is 5. The second-order valence-electron chi connectivity index (χ2n) is 7.03. The van der Waals surface area contributed by atoms with E-state index in [2.05, 4.69) is 4.90 Å². The Labute approximate surface area is 156 Å². The third kappa shape index (κ3) is 3.62. The summed E-state index contributed by atoms with van der Waals surface area (Å²) in [7, 11) is 1.26. The van der Waals surface area contributed by atoms with Gasteiger partial charge < -0.3 is 24.6 Å². The highest BCUT2D eigenvalue weighted by atomic mass is 16.5. The van der Waals surface area contributed by atoms with Crippen LogP contribution in [-0.4, -0.2) is 61.5 Å². The normalized spacial score (nSPS) is 21.2. The van der Waals surface area contributed by atoms with Crippen molar-refractivity contribution >= 4 is 23.6 Å². The van der Waals surface area contributed by atoms with Gasteiger partial charge in [-0.15, -0.1) is 0 Å². The highest BCUT2D eigenvalue weighted by Gasteiger charge is 2.51. The Morgan fingerprint density at radius 1 is 1.22 bits per heavy atom. The summed E-state index contributed by atoms with van der Waals surface area (Å²) >= 11 is 0. The number of morpholine rings is 1. The van der Waals surface area contributed by atoms with Crippen LogP contribution in [0.4, 0.5) is 5.69 Å². The van der Waals surface area contributed by atoms with E-state index >= 15 is 0 Å². The second-order valence-corrected chi connectivity index (χ2v) is 7.03. The van der Waals surface area contributed by atoms with Crippen LogP contribution < -0.4 is 4.90 Å². The summed E-state index contributed by atoms with van der Waals surface area (Å²) in [5.74, 6) is -3.79. The Hall–Kier alpha value is -2.61. The average molecular weight is 377 g/mol. The molecule has 1 aliphatic carbocycles. The van der Waals surface area contributed by atoms with Crippen LogP contribution in [0.5, 0.6) is 0 Å². The van der Waals surface area contributed by atoms with Crippen molar-refractivity contribution in [2.24, 2.45) is 5.41 Å². The van der Waals surface area contributed by atoms with Crippen LogP contribution >= 0.6 is 0 Å². The SMILES string of the molecule is COC(=O)CC1CC(C(=O)O)(C(=O)O)Cc2ccc(N3CCOCC3)cc21. The first kappa shape index (κ1) is 19.2. The van der Waals surface area contributed by atoms with Crippen molar-refractivity contribution in [2.75, 3.05) is 38.3 Å². The summed E-state index contributed by atoms with van der Waals surface area (Å²) in [4.78, 5) is 37.7. The minimum Gasteiger partial charge on any atom is -0.480 e. The highest BCUT2D eigenvalue weighted by molar-refractivity contribution is 5.99. The molecule has 0 aromatic heterocycles. The third-order valence-electron chi connectivity index (χ3n) is 5.49. The van der Waals surface area contributed by atoms with Crippen LogP contribution in [0.25, 0.3) is 0 Å². The van der Waals surface area contributed by atoms with Crippen molar-refractivity contribution in [3.63, 3.8) is 0 Å². The first-order valence-corrected chi connectivity index (χ1v) is 8.86. The molecule has 0 radical (unpaired) electrons. The monoisotopic (exact) mass is 377 g/mol. The summed E-state index contributed by atoms with van der Waals surface area (Å²) in [5, 5.41) is 19.3. The molecule has 146 valence electrons. The second kappa shape index (κ2) is 7.56. The fourth-order valence-corrected chi connectivity index (χ4v) is 3.95. The zero-order valence-electron chi connectivity index (χ0n) is 15.1. The van der Waals surface area contributed by atoms with Gasteiger partial charge in [-0.05, 0) is 42.0 Å². The first-order chi connectivity index (χ1) is 12.9. The van der Waals surface area contributed by atoms with Gasteiger partial charge in [-0.1, -0.05) is 6.07 Å². The number of carbonyl (C=O) groups is 3. The summed E-state index contributed by atoms with van der Waals surface area (Å²) < 4.78 is 10.1. The Balaban J connectivity index is 2.01. The third-order valence-corrected chi connectivity index (χ3v) is 5.49. The Kier molecular flexibility index (Phi) is 5.36. The molecule has 2 aliphatic rings. The average Bonchev–Trinajstić information content (AvgIpc) is 2.67. The van der Waals surface area contributed by atoms with E-state index in [-0.39, 0.29) is 19.3 Å². The number of ether oxygens (including phenoxy) is 2. The Morgan fingerprint density at radius 3 is 2.48 bits per heavy atom. The highest BCUT2D eigenvalue weighted by Crippen LogP contribution is 2.45. The van der Waals surface area contributed by atoms with Gasteiger partial charge in [-0.2, -0.15) is 0 Å². The largest absolute Gasteiger partial charge is 0.480 e. The number of esters is 1. The summed E-state index contributed by atoms with van der Waals surface area (Å²) in [5.41, 5.74) is 0.496. The van der Waals surface area contributed by atoms with E-state index in [1.165, 1.54) is 7.11 Å². The molecule has 1 aromatic carbocycles. The van der Waals surface area contributed by atoms with Gasteiger partial charge in [-0.3, -0.25) is 14.4 Å². The van der Waals surface area contributed by atoms with E-state index < -0.39 is 29.2 Å². The first-order valence-electron chi connectivity index (χ1n) is 8.86. The molecule has 0 saturated carbocycles. The molecule has 1 unspecified atom stereocenters. The standard InChI is InChI=1S/C19H23NO7/c1-26-16(21)8-13-11-19(17(22)23,18(24)25)10-12-2-3-14(9-15(12)13)20-4-6-27-7-5-20/h2-3,9,13H,4-8,10-11H2,1H3,(H,22,23)(H,24,25). The number of fused-ring (bicyclic) bond motifs is 1. The molecule has 1 aromatic rings. The van der Waals surface area contributed by atoms with E-state index in [1.54, 1.807) is 6.07 Å². The lowest BCUT2D eigenvalue weighted by Gasteiger charge is -2.37. The van der Waals surface area contributed by atoms with Gasteiger partial charge >= 0.3 is 17.9 Å². The van der Waals surface area contributed by atoms with Crippen LogP contribution in [0.3, 0.4) is 0 Å². The maximum atomic E-state index is 11.9. The molecule has 1 heterocycles. The molecular weight excluding hydrogens is 354 g/mol. The van der Waals surface area contributed by atoms with Gasteiger partial charge in [0.15, 0.2) is 5.41 Å². The number of carboxylic acid groups (broad SMARTS) is 2. The van der Waals surface area contributed by atoms with Crippen LogP contribution in [0.2, 0.25) is 0 Å². The summed E-state index contributed by atoms with van der Waals surface area (Å²) in [6.45, 7) is 2.75. The van der Waals surface area contributed by atoms with E-state index in [0.717, 1.165) is 24.3 Å². The fraction of sp³-hybridized carbons (Fsp3) is 0.526. The van der Waals surface area contributed by atoms with Crippen molar-refractivity contribution in [1.82, 2.24) is 0 Å². The minimum absolute atomic E-state index is 0.0572. The quantitative estimate of drug-likeness (QED) is 0.583. The molecule has 1 fully saturated rings. The number of carbonyl (C=O) groups excluding carboxylic acids is 1. The van der Waals surface area contributed by atoms with Gasteiger partial charge in [0.05, 0.1) is 26.7 Å². The molecule has 2 N–H and O–H groups in total. The zero-order valence-corrected chi connectivity index (χ0v) is 15.1. The number of aliphatic carboxylic acids is 2. The maximum absolute atomic E-state index is 11.9. The molecule has 8 nitrogen and oxygen atoms in total. The molecule has 1 atom stereocenters. The van der Waals surface area contributed by atoms with Gasteiger partial charge in [0.25, 0.3) is 0 Å². The number of carboxylic acids is 2. The number of nitrogens with zero attached hydrogens (tertiary/aromatic N) is 1. The van der Waals surface area contributed by atoms with Crippen LogP contribution in [0, 0.1) is 5.41 Å². The molecule has 0 bridgehead atoms. The Bertz CT molecular complexity index is 740. The van der Waals surface area contributed by atoms with E-state index in [4.69, 9.17) is 9.47 Å². The molecule has 8 heteroatoms. The maximum Gasteiger partial charge on any atom is 0.321 e. The van der Waals surface area contributed by atoms with Crippen molar-refractivity contribution in [3.05, 3.63) is 29.3 Å². The van der Waals surface area contributed by atoms with E-state index in [9.17, 15) is 24.6 Å². The fourth-order valence-electron chi connectivity index (χ4n) is 3.95. The predicted molar refractivity (Wildman–Crippen MR) is 94.9 cm³/mol. The number of hydrogen-bond acceptors (Lipinski definition) is 6. The Morgan fingerprint density at radius 2 is 1.89 bits per heavy atom. The molecule has 27 heavy (non-hydrogen) atoms. The summed E-state index contributed by atoms with van der Waals surface area (Å²) in [6.07, 6.45) is -0.307. The number of methoxy groups -OCH3 is 1. The minimum atomic E-state index is -1.94. The molecule has 3 rings (SSSR count). The van der Waals surface area contributed by atoms with E-state index in [0.29, 0.717) is 18.8 Å². The van der Waals surface area contributed by atoms with Gasteiger partial charge in [0.1, 0.15) is 0 Å². The lowest BCUT2D eigenvalue weighted by Crippen LogP contribution is -2.45. The van der Waals surface area contributed by atoms with E-state index in [1.807, 2.05) is 12.1 Å².